The van der Waals surface area contributed by atoms with E-state index in [1.54, 1.807) is 16.4 Å². The Morgan fingerprint density at radius 1 is 0.857 bits per heavy atom. The van der Waals surface area contributed by atoms with Crippen molar-refractivity contribution >= 4 is 15.8 Å². The molecule has 1 aromatic heterocycles. The maximum Gasteiger partial charge on any atom is 0.243 e. The lowest BCUT2D eigenvalue weighted by atomic mass is 10.1. The summed E-state index contributed by atoms with van der Waals surface area (Å²) in [5.41, 5.74) is 2.83. The predicted molar refractivity (Wildman–Crippen MR) is 109 cm³/mol. The van der Waals surface area contributed by atoms with Gasteiger partial charge >= 0.3 is 0 Å². The van der Waals surface area contributed by atoms with Gasteiger partial charge in [0.2, 0.25) is 10.0 Å². The molecule has 2 heterocycles. The van der Waals surface area contributed by atoms with Gasteiger partial charge in [0.25, 0.3) is 0 Å². The molecule has 0 unspecified atom stereocenters. The van der Waals surface area contributed by atoms with Crippen LogP contribution >= 0.6 is 0 Å². The van der Waals surface area contributed by atoms with Gasteiger partial charge < -0.3 is 5.32 Å². The van der Waals surface area contributed by atoms with Crippen LogP contribution in [0.1, 0.15) is 18.4 Å². The van der Waals surface area contributed by atoms with Gasteiger partial charge in [-0.15, -0.1) is 10.2 Å². The highest BCUT2D eigenvalue weighted by Crippen LogP contribution is 2.21. The predicted octanol–water partition coefficient (Wildman–Crippen LogP) is 3.54. The van der Waals surface area contributed by atoms with E-state index in [0.29, 0.717) is 30.3 Å². The molecule has 0 spiro atoms. The molecule has 3 aromatic rings. The van der Waals surface area contributed by atoms with Crippen LogP contribution < -0.4 is 5.32 Å². The van der Waals surface area contributed by atoms with E-state index in [4.69, 9.17) is 0 Å². The standard InChI is InChI=1S/C21H22N4O2S/c26-28(27,25-14-4-5-15-25)19-10-8-17(9-11-19)16-22-21-13-12-20(23-24-21)18-6-2-1-3-7-18/h1-3,6-13H,4-5,14-16H2,(H,22,24). The van der Waals surface area contributed by atoms with Gasteiger partial charge in [0, 0.05) is 25.2 Å². The van der Waals surface area contributed by atoms with Crippen LogP contribution in [0, 0.1) is 0 Å². The Hall–Kier alpha value is -2.77. The molecule has 28 heavy (non-hydrogen) atoms. The highest BCUT2D eigenvalue weighted by molar-refractivity contribution is 7.89. The molecule has 0 aliphatic carbocycles. The van der Waals surface area contributed by atoms with Gasteiger partial charge in [0.05, 0.1) is 10.6 Å². The topological polar surface area (TPSA) is 75.2 Å². The summed E-state index contributed by atoms with van der Waals surface area (Å²) in [5.74, 6) is 0.674. The SMILES string of the molecule is O=S(=O)(c1ccc(CNc2ccc(-c3ccccc3)nn2)cc1)N1CCCC1. The zero-order valence-corrected chi connectivity index (χ0v) is 16.3. The van der Waals surface area contributed by atoms with Gasteiger partial charge in [-0.1, -0.05) is 42.5 Å². The molecule has 1 aliphatic rings. The minimum absolute atomic E-state index is 0.352. The van der Waals surface area contributed by atoms with Gasteiger partial charge in [-0.3, -0.25) is 0 Å². The molecule has 0 atom stereocenters. The Morgan fingerprint density at radius 2 is 1.57 bits per heavy atom. The maximum atomic E-state index is 12.6. The lowest BCUT2D eigenvalue weighted by molar-refractivity contribution is 0.477. The van der Waals surface area contributed by atoms with E-state index in [-0.39, 0.29) is 0 Å². The Kier molecular flexibility index (Phi) is 5.36. The molecule has 1 N–H and O–H groups in total. The molecular weight excluding hydrogens is 372 g/mol. The molecule has 0 radical (unpaired) electrons. The Balaban J connectivity index is 1.39. The zero-order chi connectivity index (χ0) is 19.4. The summed E-state index contributed by atoms with van der Waals surface area (Å²) >= 11 is 0. The molecule has 1 aliphatic heterocycles. The fourth-order valence-corrected chi connectivity index (χ4v) is 4.76. The highest BCUT2D eigenvalue weighted by atomic mass is 32.2. The maximum absolute atomic E-state index is 12.6. The van der Waals surface area contributed by atoms with Crippen LogP contribution in [0.15, 0.2) is 71.6 Å². The third kappa shape index (κ3) is 4.05. The van der Waals surface area contributed by atoms with Crippen molar-refractivity contribution in [2.45, 2.75) is 24.3 Å². The van der Waals surface area contributed by atoms with Crippen molar-refractivity contribution < 1.29 is 8.42 Å². The van der Waals surface area contributed by atoms with Crippen LogP contribution in [0.2, 0.25) is 0 Å². The van der Waals surface area contributed by atoms with Crippen molar-refractivity contribution in [3.05, 3.63) is 72.3 Å². The van der Waals surface area contributed by atoms with Crippen LogP contribution in [0.25, 0.3) is 11.3 Å². The van der Waals surface area contributed by atoms with Crippen molar-refractivity contribution in [3.8, 4) is 11.3 Å². The van der Waals surface area contributed by atoms with Crippen LogP contribution in [0.4, 0.5) is 5.82 Å². The number of benzene rings is 2. The first-order chi connectivity index (χ1) is 13.6. The van der Waals surface area contributed by atoms with Crippen LogP contribution in [-0.4, -0.2) is 36.0 Å². The first kappa shape index (κ1) is 18.6. The molecule has 2 aromatic carbocycles. The number of hydrogen-bond acceptors (Lipinski definition) is 5. The third-order valence-corrected chi connectivity index (χ3v) is 6.75. The summed E-state index contributed by atoms with van der Waals surface area (Å²) in [6, 6.07) is 20.7. The van der Waals surface area contributed by atoms with Crippen molar-refractivity contribution in [2.24, 2.45) is 0 Å². The van der Waals surface area contributed by atoms with E-state index in [2.05, 4.69) is 15.5 Å². The second-order valence-corrected chi connectivity index (χ2v) is 8.72. The molecule has 1 saturated heterocycles. The quantitative estimate of drug-likeness (QED) is 0.692. The summed E-state index contributed by atoms with van der Waals surface area (Å²) in [4.78, 5) is 0.352. The van der Waals surface area contributed by atoms with E-state index in [1.807, 2.05) is 54.6 Å². The van der Waals surface area contributed by atoms with Crippen molar-refractivity contribution in [1.29, 1.82) is 0 Å². The van der Waals surface area contributed by atoms with Crippen LogP contribution in [0.5, 0.6) is 0 Å². The number of hydrogen-bond donors (Lipinski definition) is 1. The lowest BCUT2D eigenvalue weighted by Crippen LogP contribution is -2.27. The summed E-state index contributed by atoms with van der Waals surface area (Å²) in [5, 5.41) is 11.7. The van der Waals surface area contributed by atoms with Crippen LogP contribution in [-0.2, 0) is 16.6 Å². The second-order valence-electron chi connectivity index (χ2n) is 6.78. The molecule has 4 rings (SSSR count). The number of nitrogens with one attached hydrogen (secondary N) is 1. The molecule has 0 bridgehead atoms. The number of nitrogens with zero attached hydrogens (tertiary/aromatic N) is 3. The largest absolute Gasteiger partial charge is 0.365 e. The average Bonchev–Trinajstić information content (AvgIpc) is 3.30. The Morgan fingerprint density at radius 3 is 2.21 bits per heavy atom. The van der Waals surface area contributed by atoms with E-state index in [0.717, 1.165) is 29.7 Å². The molecular formula is C21H22N4O2S. The third-order valence-electron chi connectivity index (χ3n) is 4.83. The molecule has 7 heteroatoms. The second kappa shape index (κ2) is 8.08. The van der Waals surface area contributed by atoms with Gasteiger partial charge in [-0.05, 0) is 42.7 Å². The number of anilines is 1. The van der Waals surface area contributed by atoms with E-state index < -0.39 is 10.0 Å². The minimum atomic E-state index is -3.36. The zero-order valence-electron chi connectivity index (χ0n) is 15.5. The first-order valence-corrected chi connectivity index (χ1v) is 10.8. The van der Waals surface area contributed by atoms with Crippen LogP contribution in [0.3, 0.4) is 0 Å². The Bertz CT molecular complexity index is 1010. The molecule has 0 amide bonds. The molecule has 0 saturated carbocycles. The molecule has 6 nitrogen and oxygen atoms in total. The summed E-state index contributed by atoms with van der Waals surface area (Å²) in [6.45, 7) is 1.77. The number of sulfonamides is 1. The monoisotopic (exact) mass is 394 g/mol. The fourth-order valence-electron chi connectivity index (χ4n) is 3.24. The number of rotatable bonds is 6. The van der Waals surface area contributed by atoms with Crippen molar-refractivity contribution in [2.75, 3.05) is 18.4 Å². The fraction of sp³-hybridized carbons (Fsp3) is 0.238. The summed E-state index contributed by atoms with van der Waals surface area (Å²) in [7, 11) is -3.36. The smallest absolute Gasteiger partial charge is 0.243 e. The van der Waals surface area contributed by atoms with Gasteiger partial charge in [-0.25, -0.2) is 8.42 Å². The summed E-state index contributed by atoms with van der Waals surface area (Å²) in [6.07, 6.45) is 1.87. The lowest BCUT2D eigenvalue weighted by Gasteiger charge is -2.15. The normalized spacial score (nSPS) is 14.9. The van der Waals surface area contributed by atoms with Gasteiger partial charge in [0.15, 0.2) is 0 Å². The van der Waals surface area contributed by atoms with E-state index in [9.17, 15) is 8.42 Å². The highest BCUT2D eigenvalue weighted by Gasteiger charge is 2.26. The minimum Gasteiger partial charge on any atom is -0.365 e. The Labute approximate surface area is 165 Å². The number of aromatic nitrogens is 2. The molecule has 144 valence electrons. The van der Waals surface area contributed by atoms with Crippen molar-refractivity contribution in [3.63, 3.8) is 0 Å². The van der Waals surface area contributed by atoms with E-state index >= 15 is 0 Å². The van der Waals surface area contributed by atoms with Gasteiger partial charge in [0.1, 0.15) is 5.82 Å². The molecule has 1 fully saturated rings. The average molecular weight is 395 g/mol. The summed E-state index contributed by atoms with van der Waals surface area (Å²) < 4.78 is 26.7. The van der Waals surface area contributed by atoms with Crippen molar-refractivity contribution in [1.82, 2.24) is 14.5 Å². The van der Waals surface area contributed by atoms with E-state index in [1.165, 1.54) is 0 Å². The first-order valence-electron chi connectivity index (χ1n) is 9.35. The van der Waals surface area contributed by atoms with Gasteiger partial charge in [-0.2, -0.15) is 4.31 Å².